The predicted octanol–water partition coefficient (Wildman–Crippen LogP) is 11.0. The molecule has 3 aliphatic carbocycles. The van der Waals surface area contributed by atoms with Crippen molar-refractivity contribution in [1.82, 2.24) is 4.90 Å². The van der Waals surface area contributed by atoms with Crippen molar-refractivity contribution in [2.24, 2.45) is 28.8 Å². The van der Waals surface area contributed by atoms with Crippen molar-refractivity contribution in [3.05, 3.63) is 103 Å². The molecule has 2 saturated carbocycles. The average molecular weight is 833 g/mol. The smallest absolute Gasteiger partial charge is 0.239 e. The van der Waals surface area contributed by atoms with E-state index >= 15 is 0 Å². The molecule has 0 saturated heterocycles. The van der Waals surface area contributed by atoms with Crippen molar-refractivity contribution in [3.63, 3.8) is 0 Å². The van der Waals surface area contributed by atoms with Crippen LogP contribution in [-0.2, 0) is 14.4 Å². The van der Waals surface area contributed by atoms with Crippen LogP contribution in [0.2, 0.25) is 0 Å². The Morgan fingerprint density at radius 2 is 1.61 bits per heavy atom. The first-order chi connectivity index (χ1) is 29.5. The Hall–Kier alpha value is -4.44. The van der Waals surface area contributed by atoms with Gasteiger partial charge >= 0.3 is 0 Å². The maximum atomic E-state index is 14.4. The SMILES string of the molecule is C=CCO[C@@]12Oc3ccc(Oc4ccc(-c5ccccc5)cc4)cc3[C@H]3[C@H](CCCCO)[C@@H](CCCCO)C=C(C(=NOC(C)(C)C)C[C@@H]1N(C)C(=O)CCC1CCCC1)[C@H]32. The van der Waals surface area contributed by atoms with Gasteiger partial charge in [0, 0.05) is 44.6 Å². The first-order valence-corrected chi connectivity index (χ1v) is 22.9. The number of amides is 1. The third kappa shape index (κ3) is 10.3. The van der Waals surface area contributed by atoms with Gasteiger partial charge in [0.2, 0.25) is 11.7 Å². The Morgan fingerprint density at radius 3 is 2.30 bits per heavy atom. The number of ether oxygens (including phenoxy) is 3. The first-order valence-electron chi connectivity index (χ1n) is 22.9. The minimum Gasteiger partial charge on any atom is -0.459 e. The maximum absolute atomic E-state index is 14.4. The highest BCUT2D eigenvalue weighted by atomic mass is 16.7. The summed E-state index contributed by atoms with van der Waals surface area (Å²) in [4.78, 5) is 22.5. The van der Waals surface area contributed by atoms with Crippen molar-refractivity contribution < 1.29 is 34.1 Å². The second kappa shape index (κ2) is 20.2. The summed E-state index contributed by atoms with van der Waals surface area (Å²) in [7, 11) is 1.91. The fraction of sp³-hybridized carbons (Fsp3) is 0.538. The van der Waals surface area contributed by atoms with Crippen molar-refractivity contribution in [1.29, 1.82) is 0 Å². The molecule has 0 unspecified atom stereocenters. The molecule has 0 spiro atoms. The van der Waals surface area contributed by atoms with Crippen LogP contribution in [0.1, 0.15) is 116 Å². The molecular formula is C52H68N2O7. The van der Waals surface area contributed by atoms with E-state index in [1.807, 2.05) is 75.2 Å². The molecule has 7 rings (SSSR count). The zero-order valence-corrected chi connectivity index (χ0v) is 36.9. The molecule has 61 heavy (non-hydrogen) atoms. The number of benzene rings is 3. The predicted molar refractivity (Wildman–Crippen MR) is 242 cm³/mol. The molecule has 1 heterocycles. The minimum atomic E-state index is -1.27. The molecule has 2 fully saturated rings. The minimum absolute atomic E-state index is 0.0761. The summed E-state index contributed by atoms with van der Waals surface area (Å²) in [5.41, 5.74) is 4.59. The second-order valence-corrected chi connectivity index (χ2v) is 18.7. The van der Waals surface area contributed by atoms with Crippen LogP contribution in [-0.4, -0.2) is 71.0 Å². The van der Waals surface area contributed by atoms with Crippen LogP contribution in [0.25, 0.3) is 11.1 Å². The quantitative estimate of drug-likeness (QED) is 0.0703. The van der Waals surface area contributed by atoms with Gasteiger partial charge in [0.15, 0.2) is 0 Å². The summed E-state index contributed by atoms with van der Waals surface area (Å²) < 4.78 is 21.1. The van der Waals surface area contributed by atoms with Crippen LogP contribution in [0, 0.1) is 23.7 Å². The van der Waals surface area contributed by atoms with Gasteiger partial charge in [0.05, 0.1) is 18.2 Å². The second-order valence-electron chi connectivity index (χ2n) is 18.7. The number of allylic oxidation sites excluding steroid dienone is 1. The van der Waals surface area contributed by atoms with Gasteiger partial charge in [-0.3, -0.25) is 4.79 Å². The number of oxime groups is 1. The number of aliphatic hydroxyl groups is 2. The van der Waals surface area contributed by atoms with E-state index in [1.165, 1.54) is 25.7 Å². The number of carbonyl (C=O) groups excluding carboxylic acids is 1. The summed E-state index contributed by atoms with van der Waals surface area (Å²) in [5.74, 6) is 1.32. The van der Waals surface area contributed by atoms with E-state index in [4.69, 9.17) is 24.2 Å². The molecule has 6 atom stereocenters. The van der Waals surface area contributed by atoms with Gasteiger partial charge in [-0.15, -0.1) is 6.58 Å². The van der Waals surface area contributed by atoms with Crippen molar-refractivity contribution in [2.75, 3.05) is 26.9 Å². The lowest BCUT2D eigenvalue weighted by atomic mass is 9.55. The molecule has 3 aromatic rings. The largest absolute Gasteiger partial charge is 0.459 e. The summed E-state index contributed by atoms with van der Waals surface area (Å²) >= 11 is 0. The van der Waals surface area contributed by atoms with E-state index in [-0.39, 0.29) is 49.4 Å². The van der Waals surface area contributed by atoms with Crippen LogP contribution in [0.15, 0.2) is 102 Å². The van der Waals surface area contributed by atoms with E-state index in [1.54, 1.807) is 6.08 Å². The van der Waals surface area contributed by atoms with E-state index < -0.39 is 17.4 Å². The number of nitrogens with zero attached hydrogens (tertiary/aromatic N) is 2. The number of unbranched alkanes of at least 4 members (excludes halogenated alkanes) is 2. The van der Waals surface area contributed by atoms with E-state index in [0.717, 1.165) is 65.8 Å². The fourth-order valence-corrected chi connectivity index (χ4v) is 10.4. The molecular weight excluding hydrogens is 765 g/mol. The van der Waals surface area contributed by atoms with Gasteiger partial charge in [-0.25, -0.2) is 0 Å². The lowest BCUT2D eigenvalue weighted by molar-refractivity contribution is -0.255. The summed E-state index contributed by atoms with van der Waals surface area (Å²) in [6.07, 6.45) is 15.6. The normalized spacial score (nSPS) is 25.2. The summed E-state index contributed by atoms with van der Waals surface area (Å²) in [6, 6.07) is 24.1. The average Bonchev–Trinajstić information content (AvgIpc) is 3.79. The van der Waals surface area contributed by atoms with Crippen LogP contribution in [0.4, 0.5) is 0 Å². The molecule has 0 radical (unpaired) electrons. The molecule has 3 aromatic carbocycles. The fourth-order valence-electron chi connectivity index (χ4n) is 10.4. The molecule has 1 aliphatic heterocycles. The highest BCUT2D eigenvalue weighted by Gasteiger charge is 2.65. The standard InChI is InChI=1S/C52H68N2O7/c1-6-32-58-52-47(54(5)48(57)29-22-36-16-10-11-17-36)35-45(53-61-51(2,3)4)43-33-39(20-12-14-30-55)42(21-13-15-31-56)49(50(43)52)44-34-41(27-28-46(44)60-52)59-40-25-23-38(24-26-40)37-18-8-7-9-19-37/h6-9,18-19,23-28,33-34,36,39,42,47,49-50,55-56H,1,10-17,20-22,29-32,35H2,2-5H3/t39-,42+,47-,49+,50+,52+/m0/s1. The zero-order valence-electron chi connectivity index (χ0n) is 36.9. The molecule has 9 nitrogen and oxygen atoms in total. The topological polar surface area (TPSA) is 110 Å². The Labute approximate surface area is 363 Å². The molecule has 0 aromatic heterocycles. The Morgan fingerprint density at radius 1 is 0.918 bits per heavy atom. The monoisotopic (exact) mass is 833 g/mol. The molecule has 4 aliphatic rings. The lowest BCUT2D eigenvalue weighted by Crippen LogP contribution is -2.69. The molecule has 2 N–H and O–H groups in total. The van der Waals surface area contributed by atoms with Crippen LogP contribution >= 0.6 is 0 Å². The Balaban J connectivity index is 1.35. The van der Waals surface area contributed by atoms with Gasteiger partial charge in [-0.2, -0.15) is 0 Å². The molecule has 328 valence electrons. The number of hydrogen-bond acceptors (Lipinski definition) is 8. The van der Waals surface area contributed by atoms with Crippen LogP contribution in [0.5, 0.6) is 17.2 Å². The summed E-state index contributed by atoms with van der Waals surface area (Å²) in [5, 5.41) is 24.8. The Kier molecular flexibility index (Phi) is 14.7. The van der Waals surface area contributed by atoms with Crippen molar-refractivity contribution in [2.45, 2.75) is 128 Å². The highest BCUT2D eigenvalue weighted by molar-refractivity contribution is 6.03. The van der Waals surface area contributed by atoms with Gasteiger partial charge in [0.25, 0.3) is 0 Å². The van der Waals surface area contributed by atoms with E-state index in [2.05, 4.69) is 43.0 Å². The number of likely N-dealkylation sites (N-methyl/N-ethyl adjacent to an activating group) is 1. The third-order valence-electron chi connectivity index (χ3n) is 13.4. The molecule has 9 heteroatoms. The van der Waals surface area contributed by atoms with Gasteiger partial charge < -0.3 is 34.2 Å². The number of fused-ring (bicyclic) bond motifs is 2. The van der Waals surface area contributed by atoms with Crippen molar-refractivity contribution >= 4 is 11.6 Å². The first kappa shape index (κ1) is 44.6. The highest BCUT2D eigenvalue weighted by Crippen LogP contribution is 2.62. The number of carbonyl (C=O) groups is 1. The van der Waals surface area contributed by atoms with Gasteiger partial charge in [-0.05, 0) is 118 Å². The van der Waals surface area contributed by atoms with E-state index in [0.29, 0.717) is 43.1 Å². The molecule has 0 bridgehead atoms. The number of hydrogen-bond donors (Lipinski definition) is 2. The number of aliphatic hydroxyl groups excluding tert-OH is 2. The number of rotatable bonds is 19. The zero-order chi connectivity index (χ0) is 43.0. The van der Waals surface area contributed by atoms with Gasteiger partial charge in [0.1, 0.15) is 28.9 Å². The lowest BCUT2D eigenvalue weighted by Gasteiger charge is -2.59. The van der Waals surface area contributed by atoms with E-state index in [9.17, 15) is 15.0 Å². The third-order valence-corrected chi connectivity index (χ3v) is 13.4. The molecule has 1 amide bonds. The van der Waals surface area contributed by atoms with Crippen LogP contribution in [0.3, 0.4) is 0 Å². The van der Waals surface area contributed by atoms with Crippen molar-refractivity contribution in [3.8, 4) is 28.4 Å². The Bertz CT molecular complexity index is 1980. The maximum Gasteiger partial charge on any atom is 0.239 e. The van der Waals surface area contributed by atoms with Crippen LogP contribution < -0.4 is 9.47 Å². The van der Waals surface area contributed by atoms with Gasteiger partial charge in [-0.1, -0.05) is 98.3 Å². The summed E-state index contributed by atoms with van der Waals surface area (Å²) in [6.45, 7) is 10.5.